The van der Waals surface area contributed by atoms with Crippen LogP contribution in [0.2, 0.25) is 0 Å². The second-order valence-corrected chi connectivity index (χ2v) is 5.66. The van der Waals surface area contributed by atoms with Crippen LogP contribution in [0.3, 0.4) is 0 Å². The molecule has 0 radical (unpaired) electrons. The van der Waals surface area contributed by atoms with Gasteiger partial charge in [-0.15, -0.1) is 0 Å². The molecule has 2 aromatic rings. The van der Waals surface area contributed by atoms with Gasteiger partial charge in [-0.2, -0.15) is 0 Å². The molecule has 122 valence electrons. The van der Waals surface area contributed by atoms with E-state index in [-0.39, 0.29) is 30.9 Å². The molecule has 0 aliphatic carbocycles. The number of anilines is 1. The Bertz CT molecular complexity index is 783. The number of urea groups is 1. The molecule has 0 aromatic heterocycles. The zero-order valence-corrected chi connectivity index (χ0v) is 13.2. The number of aryl methyl sites for hydroxylation is 1. The number of nitrogens with one attached hydrogen (secondary N) is 2. The Balaban J connectivity index is 1.66. The maximum Gasteiger partial charge on any atom is 0.324 e. The van der Waals surface area contributed by atoms with Crippen LogP contribution in [0.4, 0.5) is 10.5 Å². The van der Waals surface area contributed by atoms with Gasteiger partial charge in [-0.05, 0) is 42.3 Å². The number of imide groups is 1. The predicted molar refractivity (Wildman–Crippen MR) is 89.5 cm³/mol. The second-order valence-electron chi connectivity index (χ2n) is 5.66. The first-order valence-electron chi connectivity index (χ1n) is 7.58. The smallest absolute Gasteiger partial charge is 0.324 e. The van der Waals surface area contributed by atoms with Gasteiger partial charge in [0, 0.05) is 11.3 Å². The SMILES string of the molecule is Cc1cccc(NC(=O)c2ccc(CN3C(=O)CNC3=O)cc2)c1. The quantitative estimate of drug-likeness (QED) is 0.848. The van der Waals surface area contributed by atoms with E-state index in [1.54, 1.807) is 24.3 Å². The van der Waals surface area contributed by atoms with Gasteiger partial charge in [-0.3, -0.25) is 14.5 Å². The van der Waals surface area contributed by atoms with Crippen LogP contribution in [-0.2, 0) is 11.3 Å². The van der Waals surface area contributed by atoms with Crippen molar-refractivity contribution in [2.45, 2.75) is 13.5 Å². The van der Waals surface area contributed by atoms with E-state index >= 15 is 0 Å². The summed E-state index contributed by atoms with van der Waals surface area (Å²) in [7, 11) is 0. The third-order valence-corrected chi connectivity index (χ3v) is 3.77. The van der Waals surface area contributed by atoms with E-state index in [2.05, 4.69) is 10.6 Å². The van der Waals surface area contributed by atoms with Crippen molar-refractivity contribution in [1.29, 1.82) is 0 Å². The molecule has 1 aliphatic heterocycles. The molecule has 0 bridgehead atoms. The number of rotatable bonds is 4. The van der Waals surface area contributed by atoms with Crippen molar-refractivity contribution in [2.75, 3.05) is 11.9 Å². The Morgan fingerprint density at radius 1 is 1.17 bits per heavy atom. The summed E-state index contributed by atoms with van der Waals surface area (Å²) < 4.78 is 0. The van der Waals surface area contributed by atoms with Gasteiger partial charge >= 0.3 is 6.03 Å². The maximum atomic E-state index is 12.2. The molecule has 6 nitrogen and oxygen atoms in total. The Labute approximate surface area is 139 Å². The molecule has 1 heterocycles. The first-order valence-corrected chi connectivity index (χ1v) is 7.58. The van der Waals surface area contributed by atoms with Crippen LogP contribution in [0.5, 0.6) is 0 Å². The highest BCUT2D eigenvalue weighted by Crippen LogP contribution is 2.14. The number of nitrogens with zero attached hydrogens (tertiary/aromatic N) is 1. The summed E-state index contributed by atoms with van der Waals surface area (Å²) in [5.74, 6) is -0.455. The van der Waals surface area contributed by atoms with Crippen molar-refractivity contribution in [3.05, 3.63) is 65.2 Å². The molecule has 24 heavy (non-hydrogen) atoms. The predicted octanol–water partition coefficient (Wildman–Crippen LogP) is 2.30. The van der Waals surface area contributed by atoms with Gasteiger partial charge < -0.3 is 10.6 Å². The van der Waals surface area contributed by atoms with Crippen molar-refractivity contribution < 1.29 is 14.4 Å². The van der Waals surface area contributed by atoms with E-state index in [0.717, 1.165) is 21.7 Å². The fourth-order valence-corrected chi connectivity index (χ4v) is 2.49. The Morgan fingerprint density at radius 2 is 1.92 bits per heavy atom. The van der Waals surface area contributed by atoms with E-state index in [0.29, 0.717) is 5.56 Å². The molecule has 4 amide bonds. The van der Waals surface area contributed by atoms with Crippen molar-refractivity contribution in [3.8, 4) is 0 Å². The highest BCUT2D eigenvalue weighted by atomic mass is 16.2. The summed E-state index contributed by atoms with van der Waals surface area (Å²) in [6.07, 6.45) is 0. The molecule has 6 heteroatoms. The van der Waals surface area contributed by atoms with Crippen molar-refractivity contribution >= 4 is 23.5 Å². The molecule has 3 rings (SSSR count). The van der Waals surface area contributed by atoms with Crippen LogP contribution in [0.25, 0.3) is 0 Å². The summed E-state index contributed by atoms with van der Waals surface area (Å²) in [6.45, 7) is 2.19. The lowest BCUT2D eigenvalue weighted by Crippen LogP contribution is -2.30. The summed E-state index contributed by atoms with van der Waals surface area (Å²) in [5.41, 5.74) is 3.10. The summed E-state index contributed by atoms with van der Waals surface area (Å²) in [5, 5.41) is 5.31. The van der Waals surface area contributed by atoms with Gasteiger partial charge in [0.1, 0.15) is 0 Å². The molecule has 2 N–H and O–H groups in total. The van der Waals surface area contributed by atoms with E-state index in [1.165, 1.54) is 0 Å². The minimum atomic E-state index is -0.388. The monoisotopic (exact) mass is 323 g/mol. The Hall–Kier alpha value is -3.15. The molecule has 0 saturated carbocycles. The topological polar surface area (TPSA) is 78.5 Å². The normalized spacial score (nSPS) is 13.8. The first kappa shape index (κ1) is 15.7. The van der Waals surface area contributed by atoms with E-state index in [4.69, 9.17) is 0 Å². The van der Waals surface area contributed by atoms with Crippen molar-refractivity contribution in [1.82, 2.24) is 10.2 Å². The number of hydrogen-bond donors (Lipinski definition) is 2. The van der Waals surface area contributed by atoms with Gasteiger partial charge in [0.15, 0.2) is 0 Å². The van der Waals surface area contributed by atoms with Crippen LogP contribution in [0, 0.1) is 6.92 Å². The van der Waals surface area contributed by atoms with Gasteiger partial charge in [-0.1, -0.05) is 24.3 Å². The fourth-order valence-electron chi connectivity index (χ4n) is 2.49. The zero-order chi connectivity index (χ0) is 17.1. The van der Waals surface area contributed by atoms with Crippen LogP contribution < -0.4 is 10.6 Å². The van der Waals surface area contributed by atoms with E-state index < -0.39 is 0 Å². The van der Waals surface area contributed by atoms with E-state index in [1.807, 2.05) is 31.2 Å². The molecule has 1 fully saturated rings. The fraction of sp³-hybridized carbons (Fsp3) is 0.167. The average Bonchev–Trinajstić information content (AvgIpc) is 2.87. The molecule has 0 unspecified atom stereocenters. The Morgan fingerprint density at radius 3 is 2.54 bits per heavy atom. The second kappa shape index (κ2) is 6.54. The van der Waals surface area contributed by atoms with Crippen molar-refractivity contribution in [3.63, 3.8) is 0 Å². The largest absolute Gasteiger partial charge is 0.329 e. The molecule has 2 aromatic carbocycles. The summed E-state index contributed by atoms with van der Waals surface area (Å²) in [4.78, 5) is 36.5. The van der Waals surface area contributed by atoms with Gasteiger partial charge in [0.05, 0.1) is 13.1 Å². The highest BCUT2D eigenvalue weighted by molar-refractivity contribution is 6.04. The zero-order valence-electron chi connectivity index (χ0n) is 13.2. The minimum absolute atomic E-state index is 0.0375. The number of carbonyl (C=O) groups is 3. The number of carbonyl (C=O) groups excluding carboxylic acids is 3. The van der Waals surface area contributed by atoms with Crippen LogP contribution in [-0.4, -0.2) is 29.3 Å². The van der Waals surface area contributed by atoms with Crippen molar-refractivity contribution in [2.24, 2.45) is 0 Å². The van der Waals surface area contributed by atoms with Gasteiger partial charge in [0.25, 0.3) is 5.91 Å². The molecular formula is C18H17N3O3. The number of hydrogen-bond acceptors (Lipinski definition) is 3. The molecule has 1 saturated heterocycles. The van der Waals surface area contributed by atoms with Crippen LogP contribution in [0.15, 0.2) is 48.5 Å². The number of amides is 4. The van der Waals surface area contributed by atoms with E-state index in [9.17, 15) is 14.4 Å². The lowest BCUT2D eigenvalue weighted by Gasteiger charge is -2.12. The lowest BCUT2D eigenvalue weighted by molar-refractivity contribution is -0.125. The summed E-state index contributed by atoms with van der Waals surface area (Å²) >= 11 is 0. The molecular weight excluding hydrogens is 306 g/mol. The van der Waals surface area contributed by atoms with Crippen LogP contribution in [0.1, 0.15) is 21.5 Å². The minimum Gasteiger partial charge on any atom is -0.329 e. The molecule has 0 spiro atoms. The highest BCUT2D eigenvalue weighted by Gasteiger charge is 2.28. The molecule has 0 atom stereocenters. The average molecular weight is 323 g/mol. The third-order valence-electron chi connectivity index (χ3n) is 3.77. The maximum absolute atomic E-state index is 12.2. The van der Waals surface area contributed by atoms with Gasteiger partial charge in [0.2, 0.25) is 5.91 Å². The van der Waals surface area contributed by atoms with Crippen LogP contribution >= 0.6 is 0 Å². The number of benzene rings is 2. The lowest BCUT2D eigenvalue weighted by atomic mass is 10.1. The molecule has 1 aliphatic rings. The first-order chi connectivity index (χ1) is 11.5. The standard InChI is InChI=1S/C18H17N3O3/c1-12-3-2-4-15(9-12)20-17(23)14-7-5-13(6-8-14)11-21-16(22)10-19-18(21)24/h2-9H,10-11H2,1H3,(H,19,24)(H,20,23). The third kappa shape index (κ3) is 3.43. The Kier molecular flexibility index (Phi) is 4.29. The van der Waals surface area contributed by atoms with Gasteiger partial charge in [-0.25, -0.2) is 4.79 Å². The summed E-state index contributed by atoms with van der Waals surface area (Å²) in [6, 6.07) is 14.0.